The lowest BCUT2D eigenvalue weighted by molar-refractivity contribution is -0.115. The Morgan fingerprint density at radius 3 is 2.72 bits per heavy atom. The summed E-state index contributed by atoms with van der Waals surface area (Å²) >= 11 is 0. The summed E-state index contributed by atoms with van der Waals surface area (Å²) < 4.78 is 6.29. The number of aromatic hydroxyl groups is 1. The van der Waals surface area contributed by atoms with Gasteiger partial charge in [0.15, 0.2) is 5.78 Å². The van der Waals surface area contributed by atoms with Gasteiger partial charge in [0.05, 0.1) is 6.10 Å². The van der Waals surface area contributed by atoms with Gasteiger partial charge >= 0.3 is 0 Å². The first-order chi connectivity index (χ1) is 15.6. The van der Waals surface area contributed by atoms with Crippen LogP contribution in [0.3, 0.4) is 0 Å². The maximum atomic E-state index is 12.2. The van der Waals surface area contributed by atoms with Gasteiger partial charge in [-0.25, -0.2) is 0 Å². The molecule has 0 amide bonds. The van der Waals surface area contributed by atoms with Gasteiger partial charge in [0.25, 0.3) is 0 Å². The first-order valence-corrected chi connectivity index (χ1v) is 12.4. The van der Waals surface area contributed by atoms with Crippen LogP contribution >= 0.6 is 0 Å². The SMILES string of the molecule is CC(CCCc1ccccc1)Oc1cc(O)c2c(c1)[C@@H]1CCCC[C@H]1[C@@H]1CCC(=O)C=C21. The lowest BCUT2D eigenvalue weighted by Crippen LogP contribution is -2.33. The fourth-order valence-electron chi connectivity index (χ4n) is 6.36. The lowest BCUT2D eigenvalue weighted by Gasteiger charge is -2.45. The zero-order valence-electron chi connectivity index (χ0n) is 19.1. The minimum absolute atomic E-state index is 0.0881. The third-order valence-corrected chi connectivity index (χ3v) is 7.82. The first-order valence-electron chi connectivity index (χ1n) is 12.4. The number of carbonyl (C=O) groups is 1. The number of ketones is 1. The number of carbonyl (C=O) groups excluding carboxylic acids is 1. The topological polar surface area (TPSA) is 46.5 Å². The van der Waals surface area contributed by atoms with Crippen molar-refractivity contribution >= 4 is 11.4 Å². The third-order valence-electron chi connectivity index (χ3n) is 7.82. The van der Waals surface area contributed by atoms with Crippen molar-refractivity contribution < 1.29 is 14.6 Å². The molecular weight excluding hydrogens is 396 g/mol. The molecule has 5 rings (SSSR count). The molecule has 0 aromatic heterocycles. The maximum absolute atomic E-state index is 12.2. The van der Waals surface area contributed by atoms with E-state index in [1.807, 2.05) is 6.08 Å². The van der Waals surface area contributed by atoms with E-state index in [4.69, 9.17) is 4.74 Å². The molecule has 2 aromatic rings. The van der Waals surface area contributed by atoms with Gasteiger partial charge in [-0.05, 0) is 92.0 Å². The quantitative estimate of drug-likeness (QED) is 0.546. The molecule has 1 unspecified atom stereocenters. The van der Waals surface area contributed by atoms with E-state index in [-0.39, 0.29) is 17.6 Å². The van der Waals surface area contributed by atoms with Crippen LogP contribution in [0.15, 0.2) is 48.5 Å². The highest BCUT2D eigenvalue weighted by molar-refractivity contribution is 6.00. The maximum Gasteiger partial charge on any atom is 0.156 e. The van der Waals surface area contributed by atoms with E-state index < -0.39 is 0 Å². The molecule has 1 N–H and O–H groups in total. The molecule has 0 radical (unpaired) electrons. The largest absolute Gasteiger partial charge is 0.507 e. The minimum Gasteiger partial charge on any atom is -0.507 e. The highest BCUT2D eigenvalue weighted by Crippen LogP contribution is 2.57. The van der Waals surface area contributed by atoms with Crippen molar-refractivity contribution in [3.63, 3.8) is 0 Å². The molecule has 0 aliphatic heterocycles. The van der Waals surface area contributed by atoms with Crippen LogP contribution < -0.4 is 4.74 Å². The average Bonchev–Trinajstić information content (AvgIpc) is 2.79. The highest BCUT2D eigenvalue weighted by Gasteiger charge is 2.43. The number of hydrogen-bond donors (Lipinski definition) is 1. The monoisotopic (exact) mass is 430 g/mol. The molecule has 0 heterocycles. The Balaban J connectivity index is 1.36. The van der Waals surface area contributed by atoms with E-state index in [9.17, 15) is 9.90 Å². The number of allylic oxidation sites excluding steroid dienone is 2. The summed E-state index contributed by atoms with van der Waals surface area (Å²) in [5.74, 6) is 2.72. The van der Waals surface area contributed by atoms with Gasteiger partial charge in [0, 0.05) is 18.1 Å². The third kappa shape index (κ3) is 4.22. The van der Waals surface area contributed by atoms with Gasteiger partial charge < -0.3 is 9.84 Å². The number of ether oxygens (including phenoxy) is 1. The minimum atomic E-state index is 0.0881. The zero-order valence-corrected chi connectivity index (χ0v) is 19.1. The molecule has 32 heavy (non-hydrogen) atoms. The summed E-state index contributed by atoms with van der Waals surface area (Å²) in [7, 11) is 0. The summed E-state index contributed by atoms with van der Waals surface area (Å²) in [5, 5.41) is 11.1. The van der Waals surface area contributed by atoms with Crippen LogP contribution in [0.2, 0.25) is 0 Å². The van der Waals surface area contributed by atoms with Crippen LogP contribution in [0.4, 0.5) is 0 Å². The number of rotatable bonds is 6. The Hall–Kier alpha value is -2.55. The van der Waals surface area contributed by atoms with Gasteiger partial charge in [-0.2, -0.15) is 0 Å². The smallest absolute Gasteiger partial charge is 0.156 e. The number of hydrogen-bond acceptors (Lipinski definition) is 3. The molecule has 168 valence electrons. The average molecular weight is 431 g/mol. The van der Waals surface area contributed by atoms with Crippen molar-refractivity contribution in [1.82, 2.24) is 0 Å². The summed E-state index contributed by atoms with van der Waals surface area (Å²) in [4.78, 5) is 12.2. The molecule has 1 fully saturated rings. The van der Waals surface area contributed by atoms with E-state index in [2.05, 4.69) is 43.3 Å². The number of aryl methyl sites for hydroxylation is 1. The standard InChI is InChI=1S/C29H34O3/c1-19(8-7-11-20-9-3-2-4-10-20)32-22-17-27-24-13-6-5-12-23(24)25-15-14-21(30)16-26(25)29(27)28(31)18-22/h2-4,9-10,16-19,23-25,31H,5-8,11-15H2,1H3/t19?,23-,24-,25+/m1/s1. The molecule has 3 aliphatic rings. The molecule has 0 saturated heterocycles. The molecule has 0 bridgehead atoms. The van der Waals surface area contributed by atoms with Crippen LogP contribution in [-0.4, -0.2) is 17.0 Å². The van der Waals surface area contributed by atoms with Gasteiger partial charge in [0.2, 0.25) is 0 Å². The zero-order chi connectivity index (χ0) is 22.1. The lowest BCUT2D eigenvalue weighted by atomic mass is 9.59. The van der Waals surface area contributed by atoms with Crippen molar-refractivity contribution in [2.45, 2.75) is 76.7 Å². The van der Waals surface area contributed by atoms with Crippen molar-refractivity contribution in [2.24, 2.45) is 11.8 Å². The molecule has 3 aliphatic carbocycles. The number of benzene rings is 2. The molecule has 2 aromatic carbocycles. The van der Waals surface area contributed by atoms with Gasteiger partial charge in [-0.3, -0.25) is 4.79 Å². The van der Waals surface area contributed by atoms with Crippen molar-refractivity contribution in [3.05, 3.63) is 65.2 Å². The summed E-state index contributed by atoms with van der Waals surface area (Å²) in [6, 6.07) is 14.5. The Morgan fingerprint density at radius 2 is 1.88 bits per heavy atom. The molecular formula is C29H34O3. The highest BCUT2D eigenvalue weighted by atomic mass is 16.5. The summed E-state index contributed by atoms with van der Waals surface area (Å²) in [5.41, 5.74) is 4.58. The summed E-state index contributed by atoms with van der Waals surface area (Å²) in [6.07, 6.45) is 11.5. The van der Waals surface area contributed by atoms with Crippen LogP contribution in [0.25, 0.3) is 5.57 Å². The van der Waals surface area contributed by atoms with Crippen LogP contribution in [0.1, 0.15) is 80.9 Å². The number of fused-ring (bicyclic) bond motifs is 6. The van der Waals surface area contributed by atoms with Crippen LogP contribution in [0.5, 0.6) is 11.5 Å². The van der Waals surface area contributed by atoms with Crippen molar-refractivity contribution in [1.29, 1.82) is 0 Å². The molecule has 3 nitrogen and oxygen atoms in total. The Morgan fingerprint density at radius 1 is 1.06 bits per heavy atom. The first kappa shape index (κ1) is 21.3. The second-order valence-electron chi connectivity index (χ2n) is 9.98. The molecule has 1 saturated carbocycles. The molecule has 3 heteroatoms. The normalized spacial score (nSPS) is 25.2. The fourth-order valence-corrected chi connectivity index (χ4v) is 6.36. The van der Waals surface area contributed by atoms with E-state index in [0.717, 1.165) is 42.6 Å². The Labute approximate surface area is 191 Å². The Bertz CT molecular complexity index is 1010. The second kappa shape index (κ2) is 9.13. The predicted molar refractivity (Wildman–Crippen MR) is 128 cm³/mol. The predicted octanol–water partition coefficient (Wildman–Crippen LogP) is 6.83. The Kier molecular flexibility index (Phi) is 6.08. The van der Waals surface area contributed by atoms with Gasteiger partial charge in [-0.15, -0.1) is 0 Å². The molecule has 0 spiro atoms. The van der Waals surface area contributed by atoms with Gasteiger partial charge in [-0.1, -0.05) is 43.2 Å². The number of phenolic OH excluding ortho intramolecular Hbond substituents is 1. The molecule has 4 atom stereocenters. The second-order valence-corrected chi connectivity index (χ2v) is 9.98. The number of phenols is 1. The van der Waals surface area contributed by atoms with Crippen molar-refractivity contribution in [3.8, 4) is 11.5 Å². The van der Waals surface area contributed by atoms with E-state index in [0.29, 0.717) is 24.2 Å². The summed E-state index contributed by atoms with van der Waals surface area (Å²) in [6.45, 7) is 2.11. The van der Waals surface area contributed by atoms with Crippen LogP contribution in [-0.2, 0) is 11.2 Å². The van der Waals surface area contributed by atoms with Crippen molar-refractivity contribution in [2.75, 3.05) is 0 Å². The van der Waals surface area contributed by atoms with Gasteiger partial charge in [0.1, 0.15) is 11.5 Å². The van der Waals surface area contributed by atoms with Crippen LogP contribution in [0, 0.1) is 11.8 Å². The fraction of sp³-hybridized carbons (Fsp3) is 0.483. The van der Waals surface area contributed by atoms with E-state index >= 15 is 0 Å². The van der Waals surface area contributed by atoms with E-state index in [1.54, 1.807) is 6.07 Å². The van der Waals surface area contributed by atoms with E-state index in [1.165, 1.54) is 36.8 Å².